The Balaban J connectivity index is 1.89. The van der Waals surface area contributed by atoms with Crippen LogP contribution in [0.1, 0.15) is 64.0 Å². The molecule has 2 aromatic heterocycles. The summed E-state index contributed by atoms with van der Waals surface area (Å²) in [5.74, 6) is -3.06. The number of aryl methyl sites for hydroxylation is 1. The quantitative estimate of drug-likeness (QED) is 0.134. The molecule has 1 amide bonds. The fourth-order valence-corrected chi connectivity index (χ4v) is 5.66. The normalized spacial score (nSPS) is 13.1. The van der Waals surface area contributed by atoms with Crippen molar-refractivity contribution in [2.45, 2.75) is 71.8 Å². The summed E-state index contributed by atoms with van der Waals surface area (Å²) in [7, 11) is 0. The van der Waals surface area contributed by atoms with Gasteiger partial charge in [0.05, 0.1) is 6.42 Å². The SMILES string of the molecule is CCCCCc1c(N(C(=O)C(CC(=O)O)CC(C)C)[C@@H](Cc2c[nH]c3ccccc23)C(=O)O)[nH]c2ccccc12. The number of anilines is 1. The standard InChI is InChI=1S/C32H39N3O5/c1-4-5-6-13-25-24-12-8-10-15-27(24)34-30(25)35(31(38)21(16-20(2)3)18-29(36)37)28(32(39)40)17-22-19-33-26-14-9-7-11-23(22)26/h7-12,14-15,19-21,28,33-34H,4-6,13,16-18H2,1-3H3,(H,36,37)(H,39,40)/t21?,28-/m0/s1. The summed E-state index contributed by atoms with van der Waals surface area (Å²) in [6.45, 7) is 5.99. The molecule has 2 heterocycles. The van der Waals surface area contributed by atoms with Crippen LogP contribution in [0, 0.1) is 11.8 Å². The van der Waals surface area contributed by atoms with Crippen molar-refractivity contribution >= 4 is 45.5 Å². The number of hydrogen-bond donors (Lipinski definition) is 4. The Morgan fingerprint density at radius 2 is 1.60 bits per heavy atom. The Morgan fingerprint density at radius 3 is 2.25 bits per heavy atom. The van der Waals surface area contributed by atoms with Crippen LogP contribution in [0.3, 0.4) is 0 Å². The van der Waals surface area contributed by atoms with Crippen molar-refractivity contribution in [3.63, 3.8) is 0 Å². The number of para-hydroxylation sites is 2. The molecule has 0 aliphatic heterocycles. The maximum atomic E-state index is 14.4. The Morgan fingerprint density at radius 1 is 0.925 bits per heavy atom. The molecular weight excluding hydrogens is 506 g/mol. The van der Waals surface area contributed by atoms with E-state index < -0.39 is 29.8 Å². The molecule has 0 spiro atoms. The Labute approximate surface area is 234 Å². The first-order valence-corrected chi connectivity index (χ1v) is 14.1. The molecule has 8 nitrogen and oxygen atoms in total. The third-order valence-electron chi connectivity index (χ3n) is 7.51. The van der Waals surface area contributed by atoms with Gasteiger partial charge in [0, 0.05) is 45.9 Å². The van der Waals surface area contributed by atoms with Crippen molar-refractivity contribution in [3.05, 3.63) is 65.9 Å². The van der Waals surface area contributed by atoms with Gasteiger partial charge in [0.15, 0.2) is 0 Å². The molecule has 40 heavy (non-hydrogen) atoms. The van der Waals surface area contributed by atoms with Gasteiger partial charge >= 0.3 is 11.9 Å². The molecule has 4 aromatic rings. The minimum absolute atomic E-state index is 0.0544. The van der Waals surface area contributed by atoms with Crippen LogP contribution in [0.25, 0.3) is 21.8 Å². The van der Waals surface area contributed by atoms with Crippen LogP contribution in [0.4, 0.5) is 5.82 Å². The molecule has 4 rings (SSSR count). The number of unbranched alkanes of at least 4 members (excludes halogenated alkanes) is 2. The third-order valence-corrected chi connectivity index (χ3v) is 7.51. The van der Waals surface area contributed by atoms with Crippen molar-refractivity contribution in [3.8, 4) is 0 Å². The van der Waals surface area contributed by atoms with E-state index >= 15 is 0 Å². The lowest BCUT2D eigenvalue weighted by molar-refractivity contribution is -0.142. The minimum atomic E-state index is -1.24. The molecule has 2 aromatic carbocycles. The van der Waals surface area contributed by atoms with Gasteiger partial charge in [-0.05, 0) is 42.9 Å². The van der Waals surface area contributed by atoms with E-state index in [1.54, 1.807) is 6.20 Å². The van der Waals surface area contributed by atoms with E-state index in [9.17, 15) is 24.6 Å². The van der Waals surface area contributed by atoms with Crippen LogP contribution in [0.5, 0.6) is 0 Å². The van der Waals surface area contributed by atoms with E-state index in [2.05, 4.69) is 16.9 Å². The summed E-state index contributed by atoms with van der Waals surface area (Å²) in [4.78, 5) is 47.2. The van der Waals surface area contributed by atoms with Crippen LogP contribution in [0.15, 0.2) is 54.7 Å². The molecule has 4 N–H and O–H groups in total. The van der Waals surface area contributed by atoms with Crippen LogP contribution in [-0.4, -0.2) is 44.1 Å². The Bertz CT molecular complexity index is 1480. The maximum absolute atomic E-state index is 14.4. The van der Waals surface area contributed by atoms with Crippen LogP contribution in [0.2, 0.25) is 0 Å². The largest absolute Gasteiger partial charge is 0.481 e. The van der Waals surface area contributed by atoms with Gasteiger partial charge in [-0.2, -0.15) is 0 Å². The second-order valence-electron chi connectivity index (χ2n) is 11.0. The zero-order valence-corrected chi connectivity index (χ0v) is 23.4. The van der Waals surface area contributed by atoms with Crippen molar-refractivity contribution < 1.29 is 24.6 Å². The summed E-state index contributed by atoms with van der Waals surface area (Å²) in [5.41, 5.74) is 3.37. The number of H-pyrrole nitrogens is 2. The molecule has 0 saturated heterocycles. The number of carboxylic acid groups (broad SMARTS) is 2. The number of nitrogens with one attached hydrogen (secondary N) is 2. The number of fused-ring (bicyclic) bond motifs is 2. The first kappa shape index (κ1) is 28.9. The molecule has 0 radical (unpaired) electrons. The summed E-state index contributed by atoms with van der Waals surface area (Å²) in [6, 6.07) is 14.1. The van der Waals surface area contributed by atoms with Crippen molar-refractivity contribution in [2.24, 2.45) is 11.8 Å². The molecule has 1 unspecified atom stereocenters. The Hall–Kier alpha value is -4.07. The summed E-state index contributed by atoms with van der Waals surface area (Å²) in [6.07, 6.45) is 5.41. The van der Waals surface area contributed by atoms with Crippen LogP contribution in [-0.2, 0) is 27.2 Å². The number of hydrogen-bond acceptors (Lipinski definition) is 3. The van der Waals surface area contributed by atoms with Gasteiger partial charge in [-0.15, -0.1) is 0 Å². The summed E-state index contributed by atoms with van der Waals surface area (Å²) < 4.78 is 0. The zero-order valence-electron chi connectivity index (χ0n) is 23.4. The fraction of sp³-hybridized carbons (Fsp3) is 0.406. The predicted octanol–water partition coefficient (Wildman–Crippen LogP) is 6.55. The van der Waals surface area contributed by atoms with Gasteiger partial charge in [0.2, 0.25) is 5.91 Å². The smallest absolute Gasteiger partial charge is 0.327 e. The lowest BCUT2D eigenvalue weighted by Crippen LogP contribution is -2.50. The molecule has 0 bridgehead atoms. The molecule has 8 heteroatoms. The number of amides is 1. The highest BCUT2D eigenvalue weighted by molar-refractivity contribution is 6.04. The van der Waals surface area contributed by atoms with Gasteiger partial charge in [0.25, 0.3) is 0 Å². The van der Waals surface area contributed by atoms with Gasteiger partial charge in [0.1, 0.15) is 11.9 Å². The number of aromatic amines is 2. The first-order valence-electron chi connectivity index (χ1n) is 14.1. The number of carboxylic acids is 2. The zero-order chi connectivity index (χ0) is 28.8. The number of aromatic nitrogens is 2. The highest BCUT2D eigenvalue weighted by Gasteiger charge is 2.38. The second kappa shape index (κ2) is 12.9. The molecular formula is C32H39N3O5. The van der Waals surface area contributed by atoms with Crippen molar-refractivity contribution in [2.75, 3.05) is 4.90 Å². The Kier molecular flexibility index (Phi) is 9.30. The lowest BCUT2D eigenvalue weighted by Gasteiger charge is -2.32. The number of rotatable bonds is 14. The van der Waals surface area contributed by atoms with Crippen molar-refractivity contribution in [1.29, 1.82) is 0 Å². The van der Waals surface area contributed by atoms with E-state index in [1.165, 1.54) is 4.90 Å². The number of aliphatic carboxylic acids is 2. The van der Waals surface area contributed by atoms with E-state index in [0.717, 1.165) is 52.2 Å². The average Bonchev–Trinajstić information content (AvgIpc) is 3.49. The molecule has 212 valence electrons. The van der Waals surface area contributed by atoms with E-state index in [0.29, 0.717) is 18.7 Å². The monoisotopic (exact) mass is 545 g/mol. The second-order valence-corrected chi connectivity index (χ2v) is 11.0. The first-order chi connectivity index (χ1) is 19.2. The molecule has 0 saturated carbocycles. The van der Waals surface area contributed by atoms with Crippen molar-refractivity contribution in [1.82, 2.24) is 9.97 Å². The third kappa shape index (κ3) is 6.38. The average molecular weight is 546 g/mol. The topological polar surface area (TPSA) is 126 Å². The lowest BCUT2D eigenvalue weighted by atomic mass is 9.91. The van der Waals surface area contributed by atoms with Crippen LogP contribution >= 0.6 is 0 Å². The summed E-state index contributed by atoms with van der Waals surface area (Å²) >= 11 is 0. The van der Waals surface area contributed by atoms with Gasteiger partial charge in [-0.3, -0.25) is 14.5 Å². The van der Waals surface area contributed by atoms with Crippen LogP contribution < -0.4 is 4.90 Å². The fourth-order valence-electron chi connectivity index (χ4n) is 5.66. The van der Waals surface area contributed by atoms with E-state index in [4.69, 9.17) is 0 Å². The van der Waals surface area contributed by atoms with Gasteiger partial charge in [-0.1, -0.05) is 70.0 Å². The number of carbonyl (C=O) groups excluding carboxylic acids is 1. The summed E-state index contributed by atoms with van der Waals surface area (Å²) in [5, 5.41) is 22.1. The number of benzene rings is 2. The molecule has 0 aliphatic carbocycles. The van der Waals surface area contributed by atoms with Gasteiger partial charge < -0.3 is 20.2 Å². The maximum Gasteiger partial charge on any atom is 0.327 e. The highest BCUT2D eigenvalue weighted by atomic mass is 16.4. The predicted molar refractivity (Wildman–Crippen MR) is 158 cm³/mol. The minimum Gasteiger partial charge on any atom is -0.481 e. The van der Waals surface area contributed by atoms with E-state index in [1.807, 2.05) is 62.4 Å². The van der Waals surface area contributed by atoms with Gasteiger partial charge in [-0.25, -0.2) is 4.79 Å². The molecule has 0 aliphatic rings. The molecule has 0 fully saturated rings. The number of nitrogens with zero attached hydrogens (tertiary/aromatic N) is 1. The van der Waals surface area contributed by atoms with E-state index in [-0.39, 0.29) is 18.8 Å². The highest BCUT2D eigenvalue weighted by Crippen LogP contribution is 2.35. The molecule has 2 atom stereocenters. The number of carbonyl (C=O) groups is 3.